The molecule has 0 aliphatic rings. The monoisotopic (exact) mass is 333 g/mol. The molecule has 23 heavy (non-hydrogen) atoms. The summed E-state index contributed by atoms with van der Waals surface area (Å²) >= 11 is 0. The Labute approximate surface area is 138 Å². The van der Waals surface area contributed by atoms with Crippen LogP contribution in [0.5, 0.6) is 5.75 Å². The van der Waals surface area contributed by atoms with Crippen molar-refractivity contribution in [2.75, 3.05) is 7.11 Å². The standard InChI is InChI=1S/C18H23NO3S/c1-5-16(15-9-6-13(2)7-10-15)19-23(20,21)18-12-14(3)8-11-17(18)22-4/h6-12,16,19H,5H2,1-4H3/t16-/m1/s1. The normalized spacial score (nSPS) is 12.9. The number of hydrogen-bond donors (Lipinski definition) is 1. The summed E-state index contributed by atoms with van der Waals surface area (Å²) in [6.07, 6.45) is 0.663. The van der Waals surface area contributed by atoms with Gasteiger partial charge in [0.15, 0.2) is 0 Å². The third kappa shape index (κ3) is 4.12. The molecule has 124 valence electrons. The Balaban J connectivity index is 2.36. The molecule has 5 heteroatoms. The minimum Gasteiger partial charge on any atom is -0.495 e. The fraction of sp³-hybridized carbons (Fsp3) is 0.333. The van der Waals surface area contributed by atoms with Crippen molar-refractivity contribution in [3.05, 3.63) is 59.2 Å². The number of rotatable bonds is 6. The van der Waals surface area contributed by atoms with Crippen LogP contribution in [-0.2, 0) is 10.0 Å². The van der Waals surface area contributed by atoms with Gasteiger partial charge in [0.2, 0.25) is 10.0 Å². The fourth-order valence-corrected chi connectivity index (χ4v) is 3.99. The van der Waals surface area contributed by atoms with E-state index in [0.29, 0.717) is 12.2 Å². The number of methoxy groups -OCH3 is 1. The largest absolute Gasteiger partial charge is 0.495 e. The van der Waals surface area contributed by atoms with E-state index < -0.39 is 10.0 Å². The van der Waals surface area contributed by atoms with Crippen LogP contribution in [0.15, 0.2) is 47.4 Å². The van der Waals surface area contributed by atoms with Crippen molar-refractivity contribution in [3.8, 4) is 5.75 Å². The van der Waals surface area contributed by atoms with Crippen molar-refractivity contribution >= 4 is 10.0 Å². The van der Waals surface area contributed by atoms with Crippen LogP contribution in [0.2, 0.25) is 0 Å². The summed E-state index contributed by atoms with van der Waals surface area (Å²) in [5.41, 5.74) is 2.97. The molecule has 1 atom stereocenters. The Morgan fingerprint density at radius 3 is 2.22 bits per heavy atom. The predicted molar refractivity (Wildman–Crippen MR) is 92.3 cm³/mol. The van der Waals surface area contributed by atoms with Gasteiger partial charge in [0.1, 0.15) is 10.6 Å². The van der Waals surface area contributed by atoms with Crippen molar-refractivity contribution in [1.82, 2.24) is 4.72 Å². The number of nitrogens with one attached hydrogen (secondary N) is 1. The molecule has 2 rings (SSSR count). The SMILES string of the molecule is CC[C@@H](NS(=O)(=O)c1cc(C)ccc1OC)c1ccc(C)cc1. The molecule has 2 aromatic carbocycles. The van der Waals surface area contributed by atoms with Gasteiger partial charge in [0.25, 0.3) is 0 Å². The highest BCUT2D eigenvalue weighted by molar-refractivity contribution is 7.89. The molecule has 0 amide bonds. The van der Waals surface area contributed by atoms with Crippen LogP contribution in [0.4, 0.5) is 0 Å². The van der Waals surface area contributed by atoms with E-state index in [4.69, 9.17) is 4.74 Å². The van der Waals surface area contributed by atoms with E-state index in [-0.39, 0.29) is 10.9 Å². The quantitative estimate of drug-likeness (QED) is 0.876. The number of sulfonamides is 1. The van der Waals surface area contributed by atoms with Crippen molar-refractivity contribution in [2.45, 2.75) is 38.1 Å². The van der Waals surface area contributed by atoms with E-state index in [9.17, 15) is 8.42 Å². The maximum Gasteiger partial charge on any atom is 0.244 e. The molecule has 0 aliphatic carbocycles. The first-order chi connectivity index (χ1) is 10.9. The zero-order valence-electron chi connectivity index (χ0n) is 14.0. The highest BCUT2D eigenvalue weighted by atomic mass is 32.2. The molecule has 0 unspecified atom stereocenters. The second-order valence-electron chi connectivity index (χ2n) is 5.65. The third-order valence-electron chi connectivity index (χ3n) is 3.79. The van der Waals surface area contributed by atoms with Crippen LogP contribution in [0.1, 0.15) is 36.1 Å². The third-order valence-corrected chi connectivity index (χ3v) is 5.29. The van der Waals surface area contributed by atoms with Gasteiger partial charge < -0.3 is 4.74 Å². The first-order valence-electron chi connectivity index (χ1n) is 7.61. The molecule has 0 saturated heterocycles. The van der Waals surface area contributed by atoms with Gasteiger partial charge >= 0.3 is 0 Å². The molecule has 4 nitrogen and oxygen atoms in total. The molecule has 0 bridgehead atoms. The van der Waals surface area contributed by atoms with E-state index in [1.807, 2.05) is 51.1 Å². The van der Waals surface area contributed by atoms with E-state index in [0.717, 1.165) is 16.7 Å². The zero-order valence-corrected chi connectivity index (χ0v) is 14.8. The van der Waals surface area contributed by atoms with Gasteiger partial charge in [-0.3, -0.25) is 0 Å². The number of benzene rings is 2. The number of hydrogen-bond acceptors (Lipinski definition) is 3. The topological polar surface area (TPSA) is 55.4 Å². The Morgan fingerprint density at radius 1 is 1.04 bits per heavy atom. The van der Waals surface area contributed by atoms with Crippen LogP contribution in [0.3, 0.4) is 0 Å². The summed E-state index contributed by atoms with van der Waals surface area (Å²) in [4.78, 5) is 0.172. The predicted octanol–water partition coefficient (Wildman–Crippen LogP) is 3.74. The average Bonchev–Trinajstić information content (AvgIpc) is 2.53. The van der Waals surface area contributed by atoms with E-state index in [1.54, 1.807) is 12.1 Å². The second kappa shape index (κ2) is 7.15. The zero-order chi connectivity index (χ0) is 17.0. The smallest absolute Gasteiger partial charge is 0.244 e. The van der Waals surface area contributed by atoms with Crippen LogP contribution < -0.4 is 9.46 Å². The van der Waals surface area contributed by atoms with Gasteiger partial charge in [-0.25, -0.2) is 13.1 Å². The lowest BCUT2D eigenvalue weighted by molar-refractivity contribution is 0.401. The van der Waals surface area contributed by atoms with Crippen LogP contribution in [0, 0.1) is 13.8 Å². The molecular weight excluding hydrogens is 310 g/mol. The highest BCUT2D eigenvalue weighted by Crippen LogP contribution is 2.27. The molecule has 1 N–H and O–H groups in total. The van der Waals surface area contributed by atoms with Crippen molar-refractivity contribution in [3.63, 3.8) is 0 Å². The van der Waals surface area contributed by atoms with Gasteiger partial charge in [-0.15, -0.1) is 0 Å². The molecular formula is C18H23NO3S. The molecule has 0 aromatic heterocycles. The van der Waals surface area contributed by atoms with E-state index in [2.05, 4.69) is 4.72 Å². The summed E-state index contributed by atoms with van der Waals surface area (Å²) in [6, 6.07) is 12.7. The maximum atomic E-state index is 12.8. The van der Waals surface area contributed by atoms with E-state index >= 15 is 0 Å². The summed E-state index contributed by atoms with van der Waals surface area (Å²) in [5, 5.41) is 0. The molecule has 0 fully saturated rings. The number of aryl methyl sites for hydroxylation is 2. The van der Waals surface area contributed by atoms with Crippen LogP contribution >= 0.6 is 0 Å². The first kappa shape index (κ1) is 17.5. The summed E-state index contributed by atoms with van der Waals surface area (Å²) in [7, 11) is -2.20. The van der Waals surface area contributed by atoms with Gasteiger partial charge in [-0.1, -0.05) is 42.8 Å². The molecule has 0 aliphatic heterocycles. The fourth-order valence-electron chi connectivity index (χ4n) is 2.43. The van der Waals surface area contributed by atoms with Gasteiger partial charge in [-0.05, 0) is 43.5 Å². The van der Waals surface area contributed by atoms with E-state index in [1.165, 1.54) is 7.11 Å². The number of ether oxygens (including phenoxy) is 1. The van der Waals surface area contributed by atoms with Gasteiger partial charge in [0.05, 0.1) is 7.11 Å². The molecule has 0 radical (unpaired) electrons. The molecule has 0 saturated carbocycles. The lowest BCUT2D eigenvalue weighted by atomic mass is 10.0. The Morgan fingerprint density at radius 2 is 1.65 bits per heavy atom. The molecule has 0 heterocycles. The first-order valence-corrected chi connectivity index (χ1v) is 9.09. The van der Waals surface area contributed by atoms with Crippen LogP contribution in [-0.4, -0.2) is 15.5 Å². The Kier molecular flexibility index (Phi) is 5.44. The maximum absolute atomic E-state index is 12.8. The average molecular weight is 333 g/mol. The highest BCUT2D eigenvalue weighted by Gasteiger charge is 2.23. The molecule has 0 spiro atoms. The minimum atomic E-state index is -3.67. The van der Waals surface area contributed by atoms with Crippen molar-refractivity contribution in [2.24, 2.45) is 0 Å². The van der Waals surface area contributed by atoms with Gasteiger partial charge in [-0.2, -0.15) is 0 Å². The van der Waals surface area contributed by atoms with Crippen molar-refractivity contribution in [1.29, 1.82) is 0 Å². The van der Waals surface area contributed by atoms with Crippen LogP contribution in [0.25, 0.3) is 0 Å². The lowest BCUT2D eigenvalue weighted by Crippen LogP contribution is -2.28. The van der Waals surface area contributed by atoms with Crippen molar-refractivity contribution < 1.29 is 13.2 Å². The lowest BCUT2D eigenvalue weighted by Gasteiger charge is -2.19. The Bertz CT molecular complexity index is 767. The summed E-state index contributed by atoms with van der Waals surface area (Å²) < 4.78 is 33.6. The minimum absolute atomic E-state index is 0.172. The Hall–Kier alpha value is -1.85. The summed E-state index contributed by atoms with van der Waals surface area (Å²) in [5.74, 6) is 0.349. The van der Waals surface area contributed by atoms with Gasteiger partial charge in [0, 0.05) is 6.04 Å². The summed E-state index contributed by atoms with van der Waals surface area (Å²) in [6.45, 7) is 5.82. The second-order valence-corrected chi connectivity index (χ2v) is 7.33. The molecule has 2 aromatic rings.